The van der Waals surface area contributed by atoms with Crippen molar-refractivity contribution < 1.29 is 9.53 Å². The van der Waals surface area contributed by atoms with Crippen molar-refractivity contribution in [1.29, 1.82) is 0 Å². The van der Waals surface area contributed by atoms with Gasteiger partial charge in [-0.3, -0.25) is 4.79 Å². The molecule has 3 nitrogen and oxygen atoms in total. The molecule has 0 aliphatic carbocycles. The number of carbonyl (C=O) groups excluding carboxylic acids is 1. The van der Waals surface area contributed by atoms with Gasteiger partial charge in [-0.25, -0.2) is 0 Å². The first-order chi connectivity index (χ1) is 9.70. The third-order valence-electron chi connectivity index (χ3n) is 3.01. The van der Waals surface area contributed by atoms with Crippen molar-refractivity contribution in [3.63, 3.8) is 0 Å². The summed E-state index contributed by atoms with van der Waals surface area (Å²) in [5.74, 6) is 0.534. The maximum Gasteiger partial charge on any atom is 0.316 e. The lowest BCUT2D eigenvalue weighted by molar-refractivity contribution is -0.151. The smallest absolute Gasteiger partial charge is 0.316 e. The van der Waals surface area contributed by atoms with Crippen molar-refractivity contribution in [2.75, 3.05) is 5.75 Å². The van der Waals surface area contributed by atoms with Gasteiger partial charge in [0.05, 0.1) is 5.75 Å². The zero-order valence-electron chi connectivity index (χ0n) is 13.6. The van der Waals surface area contributed by atoms with Crippen molar-refractivity contribution in [1.82, 2.24) is 0 Å². The monoisotopic (exact) mass is 309 g/mol. The highest BCUT2D eigenvalue weighted by atomic mass is 32.2. The van der Waals surface area contributed by atoms with Gasteiger partial charge in [-0.15, -0.1) is 11.8 Å². The molecule has 0 bridgehead atoms. The second-order valence-corrected chi connectivity index (χ2v) is 7.71. The Labute approximate surface area is 132 Å². The number of nitrogens with two attached hydrogens (primary N) is 1. The van der Waals surface area contributed by atoms with Crippen LogP contribution in [0, 0.1) is 5.92 Å². The third-order valence-corrected chi connectivity index (χ3v) is 4.63. The first-order valence-electron chi connectivity index (χ1n) is 7.34. The van der Waals surface area contributed by atoms with Crippen LogP contribution in [0.1, 0.15) is 46.2 Å². The summed E-state index contributed by atoms with van der Waals surface area (Å²) in [6, 6.07) is 9.95. The number of thioether (sulfide) groups is 1. The highest BCUT2D eigenvalue weighted by molar-refractivity contribution is 8.00. The van der Waals surface area contributed by atoms with Gasteiger partial charge in [0, 0.05) is 11.3 Å². The van der Waals surface area contributed by atoms with E-state index in [1.807, 2.05) is 51.1 Å². The summed E-state index contributed by atoms with van der Waals surface area (Å²) >= 11 is 1.58. The molecule has 0 radical (unpaired) electrons. The number of esters is 1. The standard InChI is InChI=1S/C17H27NO2S/c1-12(2)16(15(18)13-9-7-6-8-10-13)21-11-14(19)20-17(3,4)5/h6-10,12,15-16H,11,18H2,1-5H3. The summed E-state index contributed by atoms with van der Waals surface area (Å²) in [4.78, 5) is 11.9. The Morgan fingerprint density at radius 1 is 1.24 bits per heavy atom. The minimum Gasteiger partial charge on any atom is -0.459 e. The maximum atomic E-state index is 11.9. The van der Waals surface area contributed by atoms with Gasteiger partial charge in [0.25, 0.3) is 0 Å². The van der Waals surface area contributed by atoms with Crippen LogP contribution in [0.2, 0.25) is 0 Å². The van der Waals surface area contributed by atoms with Gasteiger partial charge >= 0.3 is 5.97 Å². The summed E-state index contributed by atoms with van der Waals surface area (Å²) in [5, 5.41) is 0.180. The molecule has 1 aromatic rings. The van der Waals surface area contributed by atoms with Gasteiger partial charge in [0.15, 0.2) is 0 Å². The van der Waals surface area contributed by atoms with Crippen molar-refractivity contribution in [3.05, 3.63) is 35.9 Å². The summed E-state index contributed by atoms with van der Waals surface area (Å²) < 4.78 is 5.35. The van der Waals surface area contributed by atoms with E-state index in [-0.39, 0.29) is 17.3 Å². The summed E-state index contributed by atoms with van der Waals surface area (Å²) in [6.45, 7) is 9.91. The van der Waals surface area contributed by atoms with E-state index in [9.17, 15) is 4.79 Å². The lowest BCUT2D eigenvalue weighted by Crippen LogP contribution is -2.30. The lowest BCUT2D eigenvalue weighted by atomic mass is 9.97. The largest absolute Gasteiger partial charge is 0.459 e. The quantitative estimate of drug-likeness (QED) is 0.812. The van der Waals surface area contributed by atoms with E-state index in [0.29, 0.717) is 11.7 Å². The molecule has 4 heteroatoms. The predicted molar refractivity (Wildman–Crippen MR) is 90.3 cm³/mol. The first kappa shape index (κ1) is 18.1. The van der Waals surface area contributed by atoms with Crippen molar-refractivity contribution >= 4 is 17.7 Å². The SMILES string of the molecule is CC(C)C(SCC(=O)OC(C)(C)C)C(N)c1ccccc1. The zero-order chi connectivity index (χ0) is 16.0. The second-order valence-electron chi connectivity index (χ2n) is 6.54. The molecule has 0 heterocycles. The number of hydrogen-bond acceptors (Lipinski definition) is 4. The number of hydrogen-bond donors (Lipinski definition) is 1. The molecule has 2 atom stereocenters. The van der Waals surface area contributed by atoms with E-state index < -0.39 is 5.60 Å². The second kappa shape index (κ2) is 7.85. The van der Waals surface area contributed by atoms with E-state index in [1.165, 1.54) is 0 Å². The van der Waals surface area contributed by atoms with E-state index >= 15 is 0 Å². The molecule has 0 aliphatic rings. The van der Waals surface area contributed by atoms with Gasteiger partial charge in [-0.1, -0.05) is 44.2 Å². The molecule has 1 rings (SSSR count). The molecule has 2 N–H and O–H groups in total. The molecule has 21 heavy (non-hydrogen) atoms. The maximum absolute atomic E-state index is 11.9. The fourth-order valence-electron chi connectivity index (χ4n) is 2.11. The number of ether oxygens (including phenoxy) is 1. The highest BCUT2D eigenvalue weighted by Crippen LogP contribution is 2.30. The van der Waals surface area contributed by atoms with E-state index in [0.717, 1.165) is 5.56 Å². The molecule has 0 aromatic heterocycles. The summed E-state index contributed by atoms with van der Waals surface area (Å²) in [7, 11) is 0. The van der Waals surface area contributed by atoms with Crippen LogP contribution in [0.4, 0.5) is 0 Å². The molecule has 118 valence electrons. The molecule has 0 spiro atoms. The number of rotatable bonds is 6. The van der Waals surface area contributed by atoms with Crippen LogP contribution in [-0.4, -0.2) is 22.6 Å². The fourth-order valence-corrected chi connectivity index (χ4v) is 3.25. The van der Waals surface area contributed by atoms with Crippen molar-refractivity contribution in [3.8, 4) is 0 Å². The van der Waals surface area contributed by atoms with Gasteiger partial charge in [-0.05, 0) is 32.3 Å². The average Bonchev–Trinajstić information content (AvgIpc) is 2.37. The molecule has 0 aliphatic heterocycles. The van der Waals surface area contributed by atoms with Gasteiger partial charge in [0.2, 0.25) is 0 Å². The van der Waals surface area contributed by atoms with Crippen LogP contribution in [0.25, 0.3) is 0 Å². The molecular weight excluding hydrogens is 282 g/mol. The fraction of sp³-hybridized carbons (Fsp3) is 0.588. The van der Waals surface area contributed by atoms with E-state index in [1.54, 1.807) is 11.8 Å². The molecule has 1 aromatic carbocycles. The summed E-state index contributed by atoms with van der Waals surface area (Å²) in [6.07, 6.45) is 0. The molecule has 0 saturated heterocycles. The molecule has 0 fully saturated rings. The third kappa shape index (κ3) is 6.53. The molecule has 2 unspecified atom stereocenters. The van der Waals surface area contributed by atoms with E-state index in [2.05, 4.69) is 13.8 Å². The number of carbonyl (C=O) groups is 1. The minimum atomic E-state index is -0.438. The topological polar surface area (TPSA) is 52.3 Å². The Kier molecular flexibility index (Phi) is 6.75. The average molecular weight is 309 g/mol. The van der Waals surface area contributed by atoms with Gasteiger partial charge in [-0.2, -0.15) is 0 Å². The molecule has 0 amide bonds. The van der Waals surface area contributed by atoms with Crippen molar-refractivity contribution in [2.24, 2.45) is 11.7 Å². The lowest BCUT2D eigenvalue weighted by Gasteiger charge is -2.27. The molecule has 0 saturated carbocycles. The van der Waals surface area contributed by atoms with Crippen LogP contribution in [0.15, 0.2) is 30.3 Å². The number of benzene rings is 1. The predicted octanol–water partition coefficient (Wildman–Crippen LogP) is 3.79. The minimum absolute atomic E-state index is 0.0846. The van der Waals surface area contributed by atoms with Crippen LogP contribution >= 0.6 is 11.8 Å². The van der Waals surface area contributed by atoms with Gasteiger partial charge in [0.1, 0.15) is 5.60 Å². The van der Waals surface area contributed by atoms with Crippen LogP contribution < -0.4 is 5.73 Å². The Morgan fingerprint density at radius 2 is 1.81 bits per heavy atom. The zero-order valence-corrected chi connectivity index (χ0v) is 14.4. The Bertz CT molecular complexity index is 440. The Balaban J connectivity index is 2.64. The van der Waals surface area contributed by atoms with Crippen molar-refractivity contribution in [2.45, 2.75) is 51.5 Å². The highest BCUT2D eigenvalue weighted by Gasteiger charge is 2.25. The van der Waals surface area contributed by atoms with Crippen LogP contribution in [0.3, 0.4) is 0 Å². The first-order valence-corrected chi connectivity index (χ1v) is 8.39. The normalized spacial score (nSPS) is 14.8. The Morgan fingerprint density at radius 3 is 2.29 bits per heavy atom. The van der Waals surface area contributed by atoms with E-state index in [4.69, 9.17) is 10.5 Å². The van der Waals surface area contributed by atoms with Crippen LogP contribution in [0.5, 0.6) is 0 Å². The Hall–Kier alpha value is -1.00. The van der Waals surface area contributed by atoms with Gasteiger partial charge < -0.3 is 10.5 Å². The summed E-state index contributed by atoms with van der Waals surface area (Å²) in [5.41, 5.74) is 7.05. The van der Waals surface area contributed by atoms with Crippen LogP contribution in [-0.2, 0) is 9.53 Å². The molecular formula is C17H27NO2S.